The van der Waals surface area contributed by atoms with E-state index in [2.05, 4.69) is 51.1 Å². The van der Waals surface area contributed by atoms with E-state index >= 15 is 0 Å². The summed E-state index contributed by atoms with van der Waals surface area (Å²) in [5.41, 5.74) is 6.01. The fraction of sp³-hybridized carbons (Fsp3) is 0.458. The van der Waals surface area contributed by atoms with Crippen molar-refractivity contribution in [1.29, 1.82) is 0 Å². The van der Waals surface area contributed by atoms with Crippen LogP contribution in [0.1, 0.15) is 56.4 Å². The van der Waals surface area contributed by atoms with Crippen LogP contribution >= 0.6 is 0 Å². The minimum Gasteiger partial charge on any atom is -0.389 e. The largest absolute Gasteiger partial charge is 0.389 e. The van der Waals surface area contributed by atoms with Crippen LogP contribution in [0.4, 0.5) is 5.69 Å². The second-order valence-corrected chi connectivity index (χ2v) is 8.45. The molecule has 3 rings (SSSR count). The molecule has 0 fully saturated rings. The molecule has 28 heavy (non-hydrogen) atoms. The van der Waals surface area contributed by atoms with Gasteiger partial charge in [0, 0.05) is 37.8 Å². The van der Waals surface area contributed by atoms with Crippen molar-refractivity contribution < 1.29 is 14.6 Å². The molecule has 1 unspecified atom stereocenters. The molecule has 0 radical (unpaired) electrons. The predicted molar refractivity (Wildman–Crippen MR) is 114 cm³/mol. The molecule has 0 saturated heterocycles. The maximum atomic E-state index is 12.9. The van der Waals surface area contributed by atoms with Crippen molar-refractivity contribution in [2.45, 2.75) is 52.1 Å². The van der Waals surface area contributed by atoms with Crippen LogP contribution < -0.4 is 4.90 Å². The van der Waals surface area contributed by atoms with Crippen LogP contribution in [0.5, 0.6) is 0 Å². The lowest BCUT2D eigenvalue weighted by atomic mass is 9.75. The highest BCUT2D eigenvalue weighted by atomic mass is 16.5. The first-order valence-electron chi connectivity index (χ1n) is 9.97. The molecule has 1 aliphatic rings. The number of rotatable bonds is 6. The predicted octanol–water partition coefficient (Wildman–Crippen LogP) is 4.77. The maximum absolute atomic E-state index is 12.9. The van der Waals surface area contributed by atoms with Gasteiger partial charge < -0.3 is 14.7 Å². The number of fused-ring (bicyclic) bond motifs is 1. The number of aliphatic hydroxyl groups excluding tert-OH is 1. The number of ether oxygens (including phenoxy) is 1. The average molecular weight is 382 g/mol. The molecular formula is C24H31NO3. The number of hydrogen-bond acceptors (Lipinski definition) is 3. The Morgan fingerprint density at radius 1 is 1.21 bits per heavy atom. The van der Waals surface area contributed by atoms with Gasteiger partial charge in [-0.3, -0.25) is 4.79 Å². The summed E-state index contributed by atoms with van der Waals surface area (Å²) in [5.74, 6) is 0.133. The number of methoxy groups -OCH3 is 1. The van der Waals surface area contributed by atoms with Crippen molar-refractivity contribution in [3.05, 3.63) is 53.1 Å². The van der Waals surface area contributed by atoms with Crippen molar-refractivity contribution >= 4 is 11.6 Å². The van der Waals surface area contributed by atoms with Crippen molar-refractivity contribution in [3.8, 4) is 11.1 Å². The molecule has 0 saturated carbocycles. The fourth-order valence-corrected chi connectivity index (χ4v) is 4.01. The molecule has 0 spiro atoms. The van der Waals surface area contributed by atoms with Crippen LogP contribution in [0.15, 0.2) is 36.4 Å². The summed E-state index contributed by atoms with van der Waals surface area (Å²) >= 11 is 0. The van der Waals surface area contributed by atoms with Gasteiger partial charge in [0.1, 0.15) is 0 Å². The number of aryl methyl sites for hydroxylation is 1. The summed E-state index contributed by atoms with van der Waals surface area (Å²) in [6.07, 6.45) is 0.641. The zero-order chi connectivity index (χ0) is 20.5. The minimum absolute atomic E-state index is 0.133. The lowest BCUT2D eigenvalue weighted by Crippen LogP contribution is -2.42. The Morgan fingerprint density at radius 2 is 1.89 bits per heavy atom. The molecule has 150 valence electrons. The Labute approximate surface area is 168 Å². The Hall–Kier alpha value is -2.17. The second-order valence-electron chi connectivity index (χ2n) is 8.45. The number of anilines is 1. The summed E-state index contributed by atoms with van der Waals surface area (Å²) in [7, 11) is 1.68. The molecule has 1 aliphatic heterocycles. The van der Waals surface area contributed by atoms with Gasteiger partial charge in [0.05, 0.1) is 6.10 Å². The number of amides is 1. The van der Waals surface area contributed by atoms with Crippen LogP contribution in [0.25, 0.3) is 11.1 Å². The smallest absolute Gasteiger partial charge is 0.227 e. The molecule has 0 aromatic heterocycles. The van der Waals surface area contributed by atoms with E-state index in [1.807, 2.05) is 11.0 Å². The summed E-state index contributed by atoms with van der Waals surface area (Å²) in [6.45, 7) is 9.34. The summed E-state index contributed by atoms with van der Waals surface area (Å²) in [4.78, 5) is 14.7. The van der Waals surface area contributed by atoms with Gasteiger partial charge in [-0.2, -0.15) is 0 Å². The average Bonchev–Trinajstić information content (AvgIpc) is 2.63. The molecule has 2 aromatic rings. The van der Waals surface area contributed by atoms with Gasteiger partial charge in [0.15, 0.2) is 0 Å². The molecule has 0 bridgehead atoms. The van der Waals surface area contributed by atoms with E-state index in [0.29, 0.717) is 19.6 Å². The Morgan fingerprint density at radius 3 is 2.50 bits per heavy atom. The zero-order valence-corrected chi connectivity index (χ0v) is 17.6. The van der Waals surface area contributed by atoms with Gasteiger partial charge >= 0.3 is 0 Å². The topological polar surface area (TPSA) is 49.8 Å². The molecule has 2 aromatic carbocycles. The number of benzene rings is 2. The Kier molecular flexibility index (Phi) is 5.92. The molecule has 0 aliphatic carbocycles. The lowest BCUT2D eigenvalue weighted by molar-refractivity contribution is -0.120. The molecular weight excluding hydrogens is 350 g/mol. The number of carbonyl (C=O) groups excluding carboxylic acids is 1. The molecule has 4 nitrogen and oxygen atoms in total. The zero-order valence-electron chi connectivity index (χ0n) is 17.6. The van der Waals surface area contributed by atoms with Crippen LogP contribution in [0, 0.1) is 6.92 Å². The molecule has 1 atom stereocenters. The van der Waals surface area contributed by atoms with E-state index in [0.717, 1.165) is 34.4 Å². The van der Waals surface area contributed by atoms with E-state index < -0.39 is 6.10 Å². The van der Waals surface area contributed by atoms with Crippen molar-refractivity contribution in [3.63, 3.8) is 0 Å². The molecule has 1 N–H and O–H groups in total. The normalized spacial score (nSPS) is 16.8. The van der Waals surface area contributed by atoms with Gasteiger partial charge in [0.2, 0.25) is 5.91 Å². The molecule has 4 heteroatoms. The molecule has 1 heterocycles. The van der Waals surface area contributed by atoms with E-state index in [9.17, 15) is 9.90 Å². The summed E-state index contributed by atoms with van der Waals surface area (Å²) in [5, 5.41) is 10.5. The number of hydrogen-bond donors (Lipinski definition) is 1. The Balaban J connectivity index is 2.16. The SMILES string of the molecule is COCCCN1C(=O)CC(C)(C)c2cc(-c3ccc(C)cc3)c(C(C)O)cc21. The number of aliphatic hydroxyl groups is 1. The van der Waals surface area contributed by atoms with Gasteiger partial charge in [-0.15, -0.1) is 0 Å². The highest BCUT2D eigenvalue weighted by Gasteiger charge is 2.37. The van der Waals surface area contributed by atoms with E-state index in [1.165, 1.54) is 5.56 Å². The quantitative estimate of drug-likeness (QED) is 0.734. The first-order chi connectivity index (χ1) is 13.2. The fourth-order valence-electron chi connectivity index (χ4n) is 4.01. The highest BCUT2D eigenvalue weighted by Crippen LogP contribution is 2.44. The van der Waals surface area contributed by atoms with E-state index in [4.69, 9.17) is 4.74 Å². The highest BCUT2D eigenvalue weighted by molar-refractivity contribution is 5.98. The van der Waals surface area contributed by atoms with Crippen LogP contribution in [-0.4, -0.2) is 31.3 Å². The number of carbonyl (C=O) groups is 1. The molecule has 1 amide bonds. The van der Waals surface area contributed by atoms with E-state index in [1.54, 1.807) is 14.0 Å². The summed E-state index contributed by atoms with van der Waals surface area (Å²) in [6, 6.07) is 12.6. The first kappa shape index (κ1) is 20.6. The second kappa shape index (κ2) is 8.06. The Bertz CT molecular complexity index is 853. The van der Waals surface area contributed by atoms with Crippen molar-refractivity contribution in [1.82, 2.24) is 0 Å². The van der Waals surface area contributed by atoms with Crippen LogP contribution in [0.2, 0.25) is 0 Å². The standard InChI is InChI=1S/C24H31NO3/c1-16-7-9-18(10-8-16)20-13-21-22(14-19(20)17(2)26)25(11-6-12-28-5)23(27)15-24(21,3)4/h7-10,13-14,17,26H,6,11-12,15H2,1-5H3. The number of nitrogens with zero attached hydrogens (tertiary/aromatic N) is 1. The van der Waals surface area contributed by atoms with Gasteiger partial charge in [-0.1, -0.05) is 43.7 Å². The van der Waals surface area contributed by atoms with Crippen molar-refractivity contribution in [2.75, 3.05) is 25.2 Å². The van der Waals surface area contributed by atoms with Crippen LogP contribution in [0.3, 0.4) is 0 Å². The summed E-state index contributed by atoms with van der Waals surface area (Å²) < 4.78 is 5.17. The van der Waals surface area contributed by atoms with Crippen LogP contribution in [-0.2, 0) is 14.9 Å². The maximum Gasteiger partial charge on any atom is 0.227 e. The van der Waals surface area contributed by atoms with Gasteiger partial charge in [-0.05, 0) is 54.7 Å². The third-order valence-corrected chi connectivity index (χ3v) is 5.62. The third kappa shape index (κ3) is 3.98. The van der Waals surface area contributed by atoms with Gasteiger partial charge in [0.25, 0.3) is 0 Å². The van der Waals surface area contributed by atoms with Gasteiger partial charge in [-0.25, -0.2) is 0 Å². The van der Waals surface area contributed by atoms with E-state index in [-0.39, 0.29) is 11.3 Å². The third-order valence-electron chi connectivity index (χ3n) is 5.62. The minimum atomic E-state index is -0.623. The first-order valence-corrected chi connectivity index (χ1v) is 9.97. The lowest BCUT2D eigenvalue weighted by Gasteiger charge is -2.40. The van der Waals surface area contributed by atoms with Crippen molar-refractivity contribution in [2.24, 2.45) is 0 Å². The monoisotopic (exact) mass is 381 g/mol.